The van der Waals surface area contributed by atoms with Crippen molar-refractivity contribution in [1.29, 1.82) is 0 Å². The fraction of sp³-hybridized carbons (Fsp3) is 0.389. The summed E-state index contributed by atoms with van der Waals surface area (Å²) in [5.41, 5.74) is 2.30. The molecule has 1 aromatic carbocycles. The van der Waals surface area contributed by atoms with E-state index >= 15 is 0 Å². The summed E-state index contributed by atoms with van der Waals surface area (Å²) in [6.45, 7) is 2.20. The first-order valence-corrected chi connectivity index (χ1v) is 7.15. The highest BCUT2D eigenvalue weighted by Gasteiger charge is 2.26. The van der Waals surface area contributed by atoms with Gasteiger partial charge in [0.15, 0.2) is 0 Å². The van der Waals surface area contributed by atoms with E-state index in [9.17, 15) is 4.79 Å². The number of carbonyl (C=O) groups is 1. The second-order valence-electron chi connectivity index (χ2n) is 5.06. The summed E-state index contributed by atoms with van der Waals surface area (Å²) < 4.78 is 4.85. The van der Waals surface area contributed by atoms with Gasteiger partial charge in [-0.15, -0.1) is 12.3 Å². The van der Waals surface area contributed by atoms with Crippen molar-refractivity contribution in [2.75, 3.05) is 6.61 Å². The first-order valence-electron chi connectivity index (χ1n) is 7.15. The number of hydrogen-bond donors (Lipinski definition) is 0. The van der Waals surface area contributed by atoms with Crippen LogP contribution in [0.5, 0.6) is 0 Å². The number of terminal acetylenes is 1. The van der Waals surface area contributed by atoms with E-state index < -0.39 is 0 Å². The van der Waals surface area contributed by atoms with Crippen LogP contribution in [0.2, 0.25) is 0 Å². The molecule has 1 fully saturated rings. The molecule has 1 aliphatic rings. The van der Waals surface area contributed by atoms with E-state index in [0.29, 0.717) is 18.4 Å². The predicted molar refractivity (Wildman–Crippen MR) is 81.0 cm³/mol. The average Bonchev–Trinajstić information content (AvgIpc) is 2.94. The topological polar surface area (TPSA) is 26.3 Å². The lowest BCUT2D eigenvalue weighted by atomic mass is 9.89. The van der Waals surface area contributed by atoms with Crippen molar-refractivity contribution < 1.29 is 9.53 Å². The molecule has 20 heavy (non-hydrogen) atoms. The van der Waals surface area contributed by atoms with Crippen molar-refractivity contribution in [1.82, 2.24) is 0 Å². The summed E-state index contributed by atoms with van der Waals surface area (Å²) >= 11 is 0. The molecule has 0 amide bonds. The third kappa shape index (κ3) is 3.51. The highest BCUT2D eigenvalue weighted by atomic mass is 16.5. The molecule has 1 aliphatic carbocycles. The molecule has 2 atom stereocenters. The van der Waals surface area contributed by atoms with Gasteiger partial charge in [-0.3, -0.25) is 0 Å². The van der Waals surface area contributed by atoms with Gasteiger partial charge >= 0.3 is 5.97 Å². The minimum absolute atomic E-state index is 0.306. The summed E-state index contributed by atoms with van der Waals surface area (Å²) in [5.74, 6) is 3.46. The molecule has 1 saturated carbocycles. The molecule has 0 spiro atoms. The predicted octanol–water partition coefficient (Wildman–Crippen LogP) is 3.78. The van der Waals surface area contributed by atoms with Gasteiger partial charge in [-0.1, -0.05) is 30.7 Å². The van der Waals surface area contributed by atoms with Gasteiger partial charge in [0.05, 0.1) is 6.61 Å². The molecule has 104 valence electrons. The molecular weight excluding hydrogens is 248 g/mol. The minimum Gasteiger partial charge on any atom is -0.463 e. The van der Waals surface area contributed by atoms with Gasteiger partial charge in [0.25, 0.3) is 0 Å². The highest BCUT2D eigenvalue weighted by Crippen LogP contribution is 2.39. The number of esters is 1. The van der Waals surface area contributed by atoms with Crippen LogP contribution in [0.4, 0.5) is 0 Å². The van der Waals surface area contributed by atoms with Crippen LogP contribution >= 0.6 is 0 Å². The molecule has 2 heteroatoms. The van der Waals surface area contributed by atoms with Crippen LogP contribution in [0.3, 0.4) is 0 Å². The molecule has 0 saturated heterocycles. The van der Waals surface area contributed by atoms with Crippen LogP contribution in [0.25, 0.3) is 6.08 Å². The zero-order chi connectivity index (χ0) is 14.4. The maximum Gasteiger partial charge on any atom is 0.330 e. The van der Waals surface area contributed by atoms with E-state index in [2.05, 4.69) is 18.1 Å². The standard InChI is InChI=1S/C18H20O2/c1-3-15-6-5-7-17(15)16-11-8-14(9-12-16)10-13-18(19)20-4-2/h1,8-13,15,17H,4-7H2,2H3/b13-10+/t15-,17-/m1/s1. The molecule has 0 bridgehead atoms. The second-order valence-corrected chi connectivity index (χ2v) is 5.06. The van der Waals surface area contributed by atoms with Crippen LogP contribution < -0.4 is 0 Å². The van der Waals surface area contributed by atoms with E-state index in [4.69, 9.17) is 11.2 Å². The van der Waals surface area contributed by atoms with Gasteiger partial charge in [0.1, 0.15) is 0 Å². The Morgan fingerprint density at radius 3 is 2.80 bits per heavy atom. The summed E-state index contributed by atoms with van der Waals surface area (Å²) in [6, 6.07) is 8.28. The van der Waals surface area contributed by atoms with Gasteiger partial charge in [-0.05, 0) is 42.9 Å². The normalized spacial score (nSPS) is 21.8. The molecule has 0 unspecified atom stereocenters. The first-order chi connectivity index (χ1) is 9.74. The van der Waals surface area contributed by atoms with Gasteiger partial charge in [0, 0.05) is 12.0 Å². The molecule has 0 heterocycles. The van der Waals surface area contributed by atoms with Gasteiger partial charge < -0.3 is 4.74 Å². The summed E-state index contributed by atoms with van der Waals surface area (Å²) in [5, 5.41) is 0. The lowest BCUT2D eigenvalue weighted by Gasteiger charge is -2.15. The van der Waals surface area contributed by atoms with Crippen LogP contribution in [-0.4, -0.2) is 12.6 Å². The van der Waals surface area contributed by atoms with Crippen molar-refractivity contribution in [2.45, 2.75) is 32.1 Å². The molecule has 1 aromatic rings. The van der Waals surface area contributed by atoms with Gasteiger partial charge in [0.2, 0.25) is 0 Å². The fourth-order valence-electron chi connectivity index (χ4n) is 2.77. The average molecular weight is 268 g/mol. The Kier molecular flexibility index (Phi) is 5.01. The minimum atomic E-state index is -0.306. The quantitative estimate of drug-likeness (QED) is 0.472. The Hall–Kier alpha value is -2.01. The molecule has 0 N–H and O–H groups in total. The van der Waals surface area contributed by atoms with E-state index in [1.807, 2.05) is 12.1 Å². The Labute approximate surface area is 120 Å². The van der Waals surface area contributed by atoms with Crippen molar-refractivity contribution in [3.8, 4) is 12.3 Å². The monoisotopic (exact) mass is 268 g/mol. The molecule has 2 nitrogen and oxygen atoms in total. The number of rotatable bonds is 4. The van der Waals surface area contributed by atoms with Crippen molar-refractivity contribution in [3.05, 3.63) is 41.5 Å². The smallest absolute Gasteiger partial charge is 0.330 e. The third-order valence-electron chi connectivity index (χ3n) is 3.79. The molecule has 0 radical (unpaired) electrons. The van der Waals surface area contributed by atoms with E-state index in [1.54, 1.807) is 13.0 Å². The molecule has 0 aliphatic heterocycles. The second kappa shape index (κ2) is 6.96. The first kappa shape index (κ1) is 14.4. The summed E-state index contributed by atoms with van der Waals surface area (Å²) in [4.78, 5) is 11.2. The SMILES string of the molecule is C#C[C@@H]1CCC[C@H]1c1ccc(/C=C/C(=O)OCC)cc1. The number of ether oxygens (including phenoxy) is 1. The Balaban J connectivity index is 2.03. The Bertz CT molecular complexity index is 519. The van der Waals surface area contributed by atoms with Gasteiger partial charge in [-0.25, -0.2) is 4.79 Å². The van der Waals surface area contributed by atoms with Crippen molar-refractivity contribution in [3.63, 3.8) is 0 Å². The fourth-order valence-corrected chi connectivity index (χ4v) is 2.77. The van der Waals surface area contributed by atoms with E-state index in [1.165, 1.54) is 24.5 Å². The zero-order valence-electron chi connectivity index (χ0n) is 11.8. The third-order valence-corrected chi connectivity index (χ3v) is 3.79. The number of carbonyl (C=O) groups excluding carboxylic acids is 1. The number of benzene rings is 1. The lowest BCUT2D eigenvalue weighted by molar-refractivity contribution is -0.137. The van der Waals surface area contributed by atoms with Crippen LogP contribution in [0.1, 0.15) is 43.2 Å². The van der Waals surface area contributed by atoms with E-state index in [-0.39, 0.29) is 5.97 Å². The highest BCUT2D eigenvalue weighted by molar-refractivity contribution is 5.87. The zero-order valence-corrected chi connectivity index (χ0v) is 11.8. The maximum absolute atomic E-state index is 11.2. The summed E-state index contributed by atoms with van der Waals surface area (Å²) in [7, 11) is 0. The van der Waals surface area contributed by atoms with E-state index in [0.717, 1.165) is 12.0 Å². The molecule has 0 aromatic heterocycles. The van der Waals surface area contributed by atoms with Crippen LogP contribution in [0, 0.1) is 18.3 Å². The van der Waals surface area contributed by atoms with Crippen molar-refractivity contribution >= 4 is 12.0 Å². The largest absolute Gasteiger partial charge is 0.463 e. The van der Waals surface area contributed by atoms with Crippen LogP contribution in [0.15, 0.2) is 30.3 Å². The van der Waals surface area contributed by atoms with Crippen molar-refractivity contribution in [2.24, 2.45) is 5.92 Å². The van der Waals surface area contributed by atoms with Crippen LogP contribution in [-0.2, 0) is 9.53 Å². The molecular formula is C18H20O2. The number of hydrogen-bond acceptors (Lipinski definition) is 2. The Morgan fingerprint density at radius 2 is 2.15 bits per heavy atom. The maximum atomic E-state index is 11.2. The Morgan fingerprint density at radius 1 is 1.40 bits per heavy atom. The van der Waals surface area contributed by atoms with Gasteiger partial charge in [-0.2, -0.15) is 0 Å². The molecule has 2 rings (SSSR count). The lowest BCUT2D eigenvalue weighted by Crippen LogP contribution is -2.03. The summed E-state index contributed by atoms with van der Waals surface area (Å²) in [6.07, 6.45) is 12.3.